The fourth-order valence-corrected chi connectivity index (χ4v) is 14.5. The Morgan fingerprint density at radius 3 is 0.667 bits per heavy atom. The number of hydrogen-bond donors (Lipinski definition) is 3. The molecule has 0 bridgehead atoms. The van der Waals surface area contributed by atoms with E-state index in [0.29, 0.717) is 25.7 Å². The average molecular weight is 1490 g/mol. The van der Waals surface area contributed by atoms with E-state index in [0.717, 1.165) is 102 Å². The standard InChI is InChI=1S/C83H162O17P2/c1-7-9-11-13-15-17-18-19-20-21-22-23-24-25-26-27-30-37-43-49-55-61-67-82(87)100-79(72-94-81(86)66-60-54-48-42-36-31-28-29-34-40-45-51-57-63-75(3)4)74-98-102(91,92)96-70-77(84)69-95-101(89,90)97-73-78(71-93-80(85)65-59-53-47-39-16-14-12-10-8-2)99-83(88)68-62-56-50-44-38-33-32-35-41-46-52-58-64-76(5)6/h75-79,84H,7-74H2,1-6H3,(H,89,90)(H,91,92)/t77-,78+,79+/m0/s1. The van der Waals surface area contributed by atoms with E-state index in [9.17, 15) is 43.2 Å². The van der Waals surface area contributed by atoms with Crippen LogP contribution in [-0.2, 0) is 65.4 Å². The largest absolute Gasteiger partial charge is 0.472 e. The van der Waals surface area contributed by atoms with Gasteiger partial charge in [-0.1, -0.05) is 388 Å². The number of phosphoric acid groups is 2. The van der Waals surface area contributed by atoms with Crippen LogP contribution in [0.4, 0.5) is 0 Å². The van der Waals surface area contributed by atoms with E-state index in [4.69, 9.17) is 37.0 Å². The van der Waals surface area contributed by atoms with Crippen molar-refractivity contribution in [3.8, 4) is 0 Å². The van der Waals surface area contributed by atoms with Crippen molar-refractivity contribution in [3.05, 3.63) is 0 Å². The summed E-state index contributed by atoms with van der Waals surface area (Å²) >= 11 is 0. The minimum absolute atomic E-state index is 0.107. The van der Waals surface area contributed by atoms with Gasteiger partial charge in [-0.15, -0.1) is 0 Å². The highest BCUT2D eigenvalue weighted by Gasteiger charge is 2.30. The Kier molecular flexibility index (Phi) is 73.1. The van der Waals surface area contributed by atoms with Crippen LogP contribution in [0.15, 0.2) is 0 Å². The lowest BCUT2D eigenvalue weighted by Crippen LogP contribution is -2.30. The molecule has 0 saturated heterocycles. The fraction of sp³-hybridized carbons (Fsp3) is 0.952. The van der Waals surface area contributed by atoms with Crippen LogP contribution >= 0.6 is 15.6 Å². The van der Waals surface area contributed by atoms with Gasteiger partial charge >= 0.3 is 39.5 Å². The van der Waals surface area contributed by atoms with Crippen molar-refractivity contribution in [2.24, 2.45) is 11.8 Å². The Hall–Kier alpha value is -1.94. The molecule has 0 saturated carbocycles. The Balaban J connectivity index is 5.20. The molecule has 102 heavy (non-hydrogen) atoms. The lowest BCUT2D eigenvalue weighted by molar-refractivity contribution is -0.161. The van der Waals surface area contributed by atoms with E-state index in [1.807, 2.05) is 0 Å². The van der Waals surface area contributed by atoms with Gasteiger partial charge in [0.15, 0.2) is 12.2 Å². The maximum atomic E-state index is 13.1. The van der Waals surface area contributed by atoms with Gasteiger partial charge < -0.3 is 33.8 Å². The summed E-state index contributed by atoms with van der Waals surface area (Å²) in [7, 11) is -9.92. The zero-order valence-corrected chi connectivity index (χ0v) is 68.7. The Morgan fingerprint density at radius 1 is 0.265 bits per heavy atom. The zero-order chi connectivity index (χ0) is 74.9. The summed E-state index contributed by atoms with van der Waals surface area (Å²) in [6.07, 6.45) is 65.3. The van der Waals surface area contributed by atoms with Crippen molar-refractivity contribution in [2.45, 2.75) is 458 Å². The van der Waals surface area contributed by atoms with Crippen LogP contribution in [-0.4, -0.2) is 96.7 Å². The first-order chi connectivity index (χ1) is 49.4. The van der Waals surface area contributed by atoms with Crippen LogP contribution in [0.25, 0.3) is 0 Å². The number of aliphatic hydroxyl groups excluding tert-OH is 1. The molecule has 0 spiro atoms. The lowest BCUT2D eigenvalue weighted by Gasteiger charge is -2.21. The third-order valence-corrected chi connectivity index (χ3v) is 21.4. The van der Waals surface area contributed by atoms with Gasteiger partial charge in [0.1, 0.15) is 19.3 Å². The molecule has 5 atom stereocenters. The molecule has 0 aromatic rings. The summed E-state index contributed by atoms with van der Waals surface area (Å²) in [6.45, 7) is 9.66. The van der Waals surface area contributed by atoms with Crippen molar-refractivity contribution < 1.29 is 80.2 Å². The SMILES string of the molecule is CCCCCCCCCCCCCCCCCCCCCCCCC(=O)O[C@H](COC(=O)CCCCCCCCCCCCCCCC(C)C)COP(=O)(O)OC[C@@H](O)COP(=O)(O)OC[C@@H](COC(=O)CCCCCCCCCCC)OC(=O)CCCCCCCCCCCCCCC(C)C. The minimum Gasteiger partial charge on any atom is -0.462 e. The molecule has 606 valence electrons. The van der Waals surface area contributed by atoms with Crippen LogP contribution < -0.4 is 0 Å². The summed E-state index contributed by atoms with van der Waals surface area (Å²) in [5.74, 6) is -0.540. The van der Waals surface area contributed by atoms with Gasteiger partial charge in [-0.25, -0.2) is 9.13 Å². The quantitative estimate of drug-likeness (QED) is 0.0222. The maximum absolute atomic E-state index is 13.1. The monoisotopic (exact) mass is 1490 g/mol. The Bertz CT molecular complexity index is 1960. The number of esters is 4. The normalized spacial score (nSPS) is 13.9. The van der Waals surface area contributed by atoms with E-state index < -0.39 is 97.5 Å². The van der Waals surface area contributed by atoms with E-state index in [1.54, 1.807) is 0 Å². The smallest absolute Gasteiger partial charge is 0.462 e. The summed E-state index contributed by atoms with van der Waals surface area (Å²) in [6, 6.07) is 0. The van der Waals surface area contributed by atoms with Crippen LogP contribution in [0.2, 0.25) is 0 Å². The van der Waals surface area contributed by atoms with Gasteiger partial charge in [-0.2, -0.15) is 0 Å². The van der Waals surface area contributed by atoms with Crippen molar-refractivity contribution in [1.29, 1.82) is 0 Å². The molecule has 2 unspecified atom stereocenters. The third kappa shape index (κ3) is 76.3. The summed E-state index contributed by atoms with van der Waals surface area (Å²) in [4.78, 5) is 73.0. The molecule has 0 fully saturated rings. The Labute approximate surface area is 626 Å². The maximum Gasteiger partial charge on any atom is 0.472 e. The highest BCUT2D eigenvalue weighted by Crippen LogP contribution is 2.45. The average Bonchev–Trinajstić information content (AvgIpc) is 0.938. The van der Waals surface area contributed by atoms with Gasteiger partial charge in [0.25, 0.3) is 0 Å². The lowest BCUT2D eigenvalue weighted by atomic mass is 10.0. The van der Waals surface area contributed by atoms with Crippen molar-refractivity contribution in [1.82, 2.24) is 0 Å². The van der Waals surface area contributed by atoms with Gasteiger partial charge in [-0.05, 0) is 37.5 Å². The number of carbonyl (C=O) groups excluding carboxylic acids is 4. The molecule has 0 aromatic carbocycles. The van der Waals surface area contributed by atoms with Crippen molar-refractivity contribution in [2.75, 3.05) is 39.6 Å². The molecule has 0 heterocycles. The van der Waals surface area contributed by atoms with Gasteiger partial charge in [0.05, 0.1) is 26.4 Å². The molecular weight excluding hydrogens is 1330 g/mol. The first-order valence-electron chi connectivity index (χ1n) is 43.0. The van der Waals surface area contributed by atoms with Crippen molar-refractivity contribution in [3.63, 3.8) is 0 Å². The molecule has 0 aliphatic carbocycles. The van der Waals surface area contributed by atoms with Crippen molar-refractivity contribution >= 4 is 39.5 Å². The molecule has 0 rings (SSSR count). The van der Waals surface area contributed by atoms with E-state index in [2.05, 4.69) is 41.5 Å². The molecule has 17 nitrogen and oxygen atoms in total. The number of phosphoric ester groups is 2. The van der Waals surface area contributed by atoms with E-state index in [1.165, 1.54) is 257 Å². The van der Waals surface area contributed by atoms with Crippen LogP contribution in [0.5, 0.6) is 0 Å². The minimum atomic E-state index is -4.96. The third-order valence-electron chi connectivity index (χ3n) is 19.5. The second-order valence-electron chi connectivity index (χ2n) is 30.8. The second kappa shape index (κ2) is 74.5. The summed E-state index contributed by atoms with van der Waals surface area (Å²) in [5, 5.41) is 10.6. The van der Waals surface area contributed by atoms with E-state index in [-0.39, 0.29) is 25.7 Å². The van der Waals surface area contributed by atoms with Gasteiger partial charge in [0.2, 0.25) is 0 Å². The number of aliphatic hydroxyl groups is 1. The van der Waals surface area contributed by atoms with Crippen LogP contribution in [0.3, 0.4) is 0 Å². The first-order valence-corrected chi connectivity index (χ1v) is 46.0. The number of ether oxygens (including phenoxy) is 4. The van der Waals surface area contributed by atoms with Gasteiger partial charge in [-0.3, -0.25) is 37.3 Å². The van der Waals surface area contributed by atoms with Crippen LogP contribution in [0, 0.1) is 11.8 Å². The van der Waals surface area contributed by atoms with Gasteiger partial charge in [0, 0.05) is 25.7 Å². The molecular formula is C83H162O17P2. The number of hydrogen-bond acceptors (Lipinski definition) is 15. The van der Waals surface area contributed by atoms with E-state index >= 15 is 0 Å². The number of carbonyl (C=O) groups is 4. The topological polar surface area (TPSA) is 237 Å². The number of unbranched alkanes of at least 4 members (excludes halogenated alkanes) is 52. The Morgan fingerprint density at radius 2 is 0.451 bits per heavy atom. The molecule has 0 amide bonds. The van der Waals surface area contributed by atoms with Crippen LogP contribution in [0.1, 0.15) is 440 Å². The summed E-state index contributed by atoms with van der Waals surface area (Å²) < 4.78 is 68.7. The summed E-state index contributed by atoms with van der Waals surface area (Å²) in [5.41, 5.74) is 0. The molecule has 19 heteroatoms. The predicted molar refractivity (Wildman–Crippen MR) is 418 cm³/mol. The number of rotatable bonds is 82. The second-order valence-corrected chi connectivity index (χ2v) is 33.7. The molecule has 0 radical (unpaired) electrons. The highest BCUT2D eigenvalue weighted by molar-refractivity contribution is 7.47. The highest BCUT2D eigenvalue weighted by atomic mass is 31.2. The molecule has 0 aliphatic heterocycles. The zero-order valence-electron chi connectivity index (χ0n) is 66.9. The fourth-order valence-electron chi connectivity index (χ4n) is 12.9. The molecule has 3 N–H and O–H groups in total. The predicted octanol–water partition coefficient (Wildman–Crippen LogP) is 25.1. The molecule has 0 aromatic heterocycles. The first kappa shape index (κ1) is 100. The molecule has 0 aliphatic rings.